The second kappa shape index (κ2) is 6.79. The van der Waals surface area contributed by atoms with Crippen LogP contribution in [0.3, 0.4) is 0 Å². The predicted molar refractivity (Wildman–Crippen MR) is 94.4 cm³/mol. The van der Waals surface area contributed by atoms with E-state index in [1.165, 1.54) is 17.0 Å². The van der Waals surface area contributed by atoms with Gasteiger partial charge in [0.1, 0.15) is 11.4 Å². The number of para-hydroxylation sites is 5. The first kappa shape index (κ1) is 16.1. The number of hydrogen-bond acceptors (Lipinski definition) is 5. The summed E-state index contributed by atoms with van der Waals surface area (Å²) in [5.41, 5.74) is 0.834. The van der Waals surface area contributed by atoms with E-state index in [0.717, 1.165) is 0 Å². The van der Waals surface area contributed by atoms with Crippen molar-refractivity contribution in [1.82, 2.24) is 0 Å². The molecule has 0 fully saturated rings. The molecule has 0 aliphatic carbocycles. The number of rotatable bonds is 5. The van der Waals surface area contributed by atoms with Crippen LogP contribution in [-0.4, -0.2) is 9.85 Å². The highest BCUT2D eigenvalue weighted by atomic mass is 16.6. The van der Waals surface area contributed by atoms with Crippen molar-refractivity contribution >= 4 is 28.4 Å². The Balaban J connectivity index is 2.30. The fourth-order valence-electron chi connectivity index (χ4n) is 2.60. The summed E-state index contributed by atoms with van der Waals surface area (Å²) in [6.07, 6.45) is 0. The van der Waals surface area contributed by atoms with Crippen molar-refractivity contribution in [2.75, 3.05) is 4.90 Å². The fourth-order valence-corrected chi connectivity index (χ4v) is 2.60. The second-order valence-electron chi connectivity index (χ2n) is 5.16. The molecule has 7 nitrogen and oxygen atoms in total. The minimum atomic E-state index is -0.500. The van der Waals surface area contributed by atoms with Gasteiger partial charge in [-0.2, -0.15) is 0 Å². The van der Waals surface area contributed by atoms with Crippen LogP contribution in [0.15, 0.2) is 78.9 Å². The van der Waals surface area contributed by atoms with E-state index in [0.29, 0.717) is 5.69 Å². The Kier molecular flexibility index (Phi) is 4.38. The molecule has 0 spiro atoms. The first-order chi connectivity index (χ1) is 12.1. The van der Waals surface area contributed by atoms with Crippen LogP contribution in [0, 0.1) is 20.2 Å². The topological polar surface area (TPSA) is 89.5 Å². The van der Waals surface area contributed by atoms with Crippen LogP contribution in [-0.2, 0) is 0 Å². The van der Waals surface area contributed by atoms with Gasteiger partial charge in [0.05, 0.1) is 9.85 Å². The average molecular weight is 335 g/mol. The Bertz CT molecular complexity index is 871. The number of benzene rings is 3. The number of hydrogen-bond donors (Lipinski definition) is 0. The van der Waals surface area contributed by atoms with E-state index in [1.54, 1.807) is 66.7 Å². The van der Waals surface area contributed by atoms with Gasteiger partial charge in [-0.1, -0.05) is 42.5 Å². The quantitative estimate of drug-likeness (QED) is 0.485. The molecule has 0 bridgehead atoms. The van der Waals surface area contributed by atoms with Crippen LogP contribution in [0.25, 0.3) is 0 Å². The number of nitro benzene ring substituents is 2. The van der Waals surface area contributed by atoms with E-state index < -0.39 is 9.85 Å². The highest BCUT2D eigenvalue weighted by Crippen LogP contribution is 2.43. The summed E-state index contributed by atoms with van der Waals surface area (Å²) in [5, 5.41) is 22.9. The Labute approximate surface area is 143 Å². The first-order valence-corrected chi connectivity index (χ1v) is 7.41. The van der Waals surface area contributed by atoms with Crippen LogP contribution >= 0.6 is 0 Å². The van der Waals surface area contributed by atoms with Crippen LogP contribution in [0.5, 0.6) is 0 Å². The Hall–Kier alpha value is -3.74. The van der Waals surface area contributed by atoms with Crippen molar-refractivity contribution in [3.63, 3.8) is 0 Å². The molecule has 0 saturated heterocycles. The lowest BCUT2D eigenvalue weighted by Gasteiger charge is -2.24. The highest BCUT2D eigenvalue weighted by Gasteiger charge is 2.26. The standard InChI is InChI=1S/C18H13N3O4/c22-20(23)17-12-6-4-10-15(17)19(14-8-2-1-3-9-14)16-11-5-7-13-18(16)21(24)25/h1-13H. The molecule has 0 unspecified atom stereocenters. The molecule has 3 aromatic carbocycles. The molecular weight excluding hydrogens is 322 g/mol. The molecule has 0 aliphatic rings. The third kappa shape index (κ3) is 3.16. The van der Waals surface area contributed by atoms with Crippen LogP contribution < -0.4 is 4.90 Å². The lowest BCUT2D eigenvalue weighted by molar-refractivity contribution is -0.384. The van der Waals surface area contributed by atoms with Gasteiger partial charge in [-0.25, -0.2) is 0 Å². The Morgan fingerprint density at radius 3 is 1.44 bits per heavy atom. The van der Waals surface area contributed by atoms with Gasteiger partial charge in [-0.15, -0.1) is 0 Å². The normalized spacial score (nSPS) is 10.2. The predicted octanol–water partition coefficient (Wildman–Crippen LogP) is 4.97. The number of nitrogens with zero attached hydrogens (tertiary/aromatic N) is 3. The molecule has 0 atom stereocenters. The fraction of sp³-hybridized carbons (Fsp3) is 0. The maximum atomic E-state index is 11.5. The molecule has 0 N–H and O–H groups in total. The van der Waals surface area contributed by atoms with E-state index in [2.05, 4.69) is 0 Å². The smallest absolute Gasteiger partial charge is 0.293 e. The molecule has 0 aliphatic heterocycles. The molecule has 0 saturated carbocycles. The third-order valence-electron chi connectivity index (χ3n) is 3.65. The van der Waals surface area contributed by atoms with Gasteiger partial charge in [0, 0.05) is 17.8 Å². The van der Waals surface area contributed by atoms with Crippen molar-refractivity contribution in [2.45, 2.75) is 0 Å². The molecule has 0 amide bonds. The highest BCUT2D eigenvalue weighted by molar-refractivity contribution is 5.85. The Morgan fingerprint density at radius 1 is 0.600 bits per heavy atom. The monoisotopic (exact) mass is 335 g/mol. The van der Waals surface area contributed by atoms with Crippen LogP contribution in [0.1, 0.15) is 0 Å². The zero-order chi connectivity index (χ0) is 17.8. The summed E-state index contributed by atoms with van der Waals surface area (Å²) in [4.78, 5) is 23.4. The number of anilines is 3. The molecular formula is C18H13N3O4. The summed E-state index contributed by atoms with van der Waals surface area (Å²) in [5.74, 6) is 0. The average Bonchev–Trinajstić information content (AvgIpc) is 2.63. The summed E-state index contributed by atoms with van der Waals surface area (Å²) in [6.45, 7) is 0. The molecule has 0 radical (unpaired) electrons. The van der Waals surface area contributed by atoms with Crippen molar-refractivity contribution in [2.24, 2.45) is 0 Å². The van der Waals surface area contributed by atoms with E-state index in [4.69, 9.17) is 0 Å². The van der Waals surface area contributed by atoms with E-state index in [-0.39, 0.29) is 22.7 Å². The van der Waals surface area contributed by atoms with Crippen molar-refractivity contribution in [3.8, 4) is 0 Å². The largest absolute Gasteiger partial charge is 0.298 e. The molecule has 0 heterocycles. The lowest BCUT2D eigenvalue weighted by Crippen LogP contribution is -2.13. The molecule has 3 aromatic rings. The summed E-state index contributed by atoms with van der Waals surface area (Å²) < 4.78 is 0. The maximum absolute atomic E-state index is 11.5. The van der Waals surface area contributed by atoms with Gasteiger partial charge in [0.15, 0.2) is 0 Å². The van der Waals surface area contributed by atoms with Gasteiger partial charge in [-0.05, 0) is 24.3 Å². The zero-order valence-electron chi connectivity index (χ0n) is 13.0. The molecule has 7 heteroatoms. The van der Waals surface area contributed by atoms with Gasteiger partial charge in [0.2, 0.25) is 0 Å². The van der Waals surface area contributed by atoms with Gasteiger partial charge in [-0.3, -0.25) is 25.1 Å². The minimum absolute atomic E-state index is 0.135. The maximum Gasteiger partial charge on any atom is 0.293 e. The third-order valence-corrected chi connectivity index (χ3v) is 3.65. The van der Waals surface area contributed by atoms with E-state index in [1.807, 2.05) is 0 Å². The zero-order valence-corrected chi connectivity index (χ0v) is 13.0. The SMILES string of the molecule is O=[N+]([O-])c1ccccc1N(c1ccccc1)c1ccccc1[N+](=O)[O-]. The lowest BCUT2D eigenvalue weighted by atomic mass is 10.1. The molecule has 3 rings (SSSR count). The first-order valence-electron chi connectivity index (χ1n) is 7.41. The van der Waals surface area contributed by atoms with Crippen LogP contribution in [0.4, 0.5) is 28.4 Å². The van der Waals surface area contributed by atoms with Gasteiger partial charge in [0.25, 0.3) is 11.4 Å². The van der Waals surface area contributed by atoms with E-state index >= 15 is 0 Å². The van der Waals surface area contributed by atoms with Crippen molar-refractivity contribution < 1.29 is 9.85 Å². The summed E-state index contributed by atoms with van der Waals surface area (Å²) in [6, 6.07) is 21.2. The summed E-state index contributed by atoms with van der Waals surface area (Å²) >= 11 is 0. The number of nitro groups is 2. The van der Waals surface area contributed by atoms with Crippen LogP contribution in [0.2, 0.25) is 0 Å². The Morgan fingerprint density at radius 2 is 1.00 bits per heavy atom. The van der Waals surface area contributed by atoms with Gasteiger partial charge >= 0.3 is 0 Å². The molecule has 25 heavy (non-hydrogen) atoms. The van der Waals surface area contributed by atoms with E-state index in [9.17, 15) is 20.2 Å². The van der Waals surface area contributed by atoms with Gasteiger partial charge < -0.3 is 0 Å². The van der Waals surface area contributed by atoms with Crippen molar-refractivity contribution in [1.29, 1.82) is 0 Å². The van der Waals surface area contributed by atoms with Crippen molar-refractivity contribution in [3.05, 3.63) is 99.1 Å². The second-order valence-corrected chi connectivity index (χ2v) is 5.16. The minimum Gasteiger partial charge on any atom is -0.298 e. The molecule has 0 aromatic heterocycles. The summed E-state index contributed by atoms with van der Waals surface area (Å²) in [7, 11) is 0. The molecule has 124 valence electrons.